The van der Waals surface area contributed by atoms with Crippen molar-refractivity contribution in [2.24, 2.45) is 41.4 Å². The van der Waals surface area contributed by atoms with Crippen molar-refractivity contribution in [3.63, 3.8) is 0 Å². The molecule has 65 heavy (non-hydrogen) atoms. The molecule has 7 nitrogen and oxygen atoms in total. The Bertz CT molecular complexity index is 1120. The number of hydrogen-bond acceptors (Lipinski definition) is 7. The number of rotatable bonds is 0. The lowest BCUT2D eigenvalue weighted by atomic mass is 9.80. The van der Waals surface area contributed by atoms with Crippen LogP contribution in [0.4, 0.5) is 0 Å². The molecule has 0 aromatic rings. The fraction of sp³-hybridized carbons (Fsp3) is 1.00. The van der Waals surface area contributed by atoms with Crippen LogP contribution in [0.2, 0.25) is 0 Å². The molecule has 11 fully saturated rings. The molecular weight excluding hydrogens is 795 g/mol. The molecule has 8 bridgehead atoms. The zero-order valence-electron chi connectivity index (χ0n) is 46.3. The second-order valence-corrected chi connectivity index (χ2v) is 25.9. The highest BCUT2D eigenvalue weighted by Gasteiger charge is 2.38. The molecule has 0 aromatic carbocycles. The van der Waals surface area contributed by atoms with E-state index in [1.807, 2.05) is 0 Å². The summed E-state index contributed by atoms with van der Waals surface area (Å²) < 4.78 is 0. The van der Waals surface area contributed by atoms with Gasteiger partial charge in [-0.1, -0.05) is 61.3 Å². The van der Waals surface area contributed by atoms with Crippen LogP contribution in [0, 0.1) is 41.4 Å². The van der Waals surface area contributed by atoms with Crippen LogP contribution >= 0.6 is 0 Å². The summed E-state index contributed by atoms with van der Waals surface area (Å²) in [7, 11) is 15.8. The summed E-state index contributed by atoms with van der Waals surface area (Å²) >= 11 is 0. The number of likely N-dealkylation sites (tertiary alicyclic amines) is 3. The van der Waals surface area contributed by atoms with Crippen LogP contribution in [0.15, 0.2) is 0 Å². The first-order chi connectivity index (χ1) is 30.9. The molecule has 0 radical (unpaired) electrons. The highest BCUT2D eigenvalue weighted by atomic mass is 15.2. The van der Waals surface area contributed by atoms with Crippen molar-refractivity contribution < 1.29 is 0 Å². The van der Waals surface area contributed by atoms with Crippen molar-refractivity contribution in [3.05, 3.63) is 0 Å². The molecule has 0 aliphatic carbocycles. The average molecular weight is 911 g/mol. The van der Waals surface area contributed by atoms with Gasteiger partial charge in [-0.2, -0.15) is 0 Å². The monoisotopic (exact) mass is 910 g/mol. The van der Waals surface area contributed by atoms with Gasteiger partial charge in [-0.3, -0.25) is 0 Å². The number of nitrogens with zero attached hydrogens (tertiary/aromatic N) is 7. The minimum Gasteiger partial charge on any atom is -0.306 e. The van der Waals surface area contributed by atoms with E-state index in [9.17, 15) is 0 Å². The highest BCUT2D eigenvalue weighted by Crippen LogP contribution is 2.39. The minimum absolute atomic E-state index is 0.928. The van der Waals surface area contributed by atoms with Crippen molar-refractivity contribution in [2.45, 2.75) is 244 Å². The summed E-state index contributed by atoms with van der Waals surface area (Å²) in [6.45, 7) is 24.5. The number of piperidine rings is 8. The standard InChI is InChI=1S/2C10H19N.2C9H17N.2C7H15N.C6H13N/c2*1-8-6-9-4-3-5-10(7-8)11(9)2;2*1-7-5-8-3-4-9(6-7)10(8)2;1-7-3-5-8(2)6-4-7;1-7-4-3-5-8(2)6-7;1-6-3-4-7(2)5-6/h2*8-10H,3-7H2,1-2H3;2*7-9H,3-6H2,1-2H3;2*7H,3-6H2,1-2H3;6H,3-5H2,1-2H3. The molecule has 7 heteroatoms. The zero-order valence-corrected chi connectivity index (χ0v) is 46.3. The van der Waals surface area contributed by atoms with Gasteiger partial charge < -0.3 is 34.3 Å². The number of hydrogen-bond donors (Lipinski definition) is 0. The molecule has 11 saturated heterocycles. The Hall–Kier alpha value is -0.280. The van der Waals surface area contributed by atoms with Gasteiger partial charge in [-0.05, 0) is 252 Å². The molecular formula is C58H115N7. The summed E-state index contributed by atoms with van der Waals surface area (Å²) in [5, 5.41) is 0. The van der Waals surface area contributed by atoms with E-state index < -0.39 is 0 Å². The van der Waals surface area contributed by atoms with Gasteiger partial charge in [0, 0.05) is 61.4 Å². The Balaban J connectivity index is 0.000000143. The molecule has 0 aromatic heterocycles. The lowest BCUT2D eigenvalue weighted by molar-refractivity contribution is 0.0415. The average Bonchev–Trinajstić information content (AvgIpc) is 3.78. The topological polar surface area (TPSA) is 22.7 Å². The molecule has 11 rings (SSSR count). The molecule has 10 atom stereocenters. The second kappa shape index (κ2) is 27.9. The van der Waals surface area contributed by atoms with Crippen LogP contribution in [0.5, 0.6) is 0 Å². The summed E-state index contributed by atoms with van der Waals surface area (Å²) in [4.78, 5) is 17.6. The molecule has 382 valence electrons. The summed E-state index contributed by atoms with van der Waals surface area (Å²) in [6.07, 6.45) is 33.3. The largest absolute Gasteiger partial charge is 0.306 e. The molecule has 11 heterocycles. The van der Waals surface area contributed by atoms with E-state index in [4.69, 9.17) is 0 Å². The van der Waals surface area contributed by atoms with Crippen LogP contribution in [0.25, 0.3) is 0 Å². The van der Waals surface area contributed by atoms with Crippen LogP contribution in [-0.2, 0) is 0 Å². The Morgan fingerprint density at radius 3 is 0.723 bits per heavy atom. The van der Waals surface area contributed by atoms with Gasteiger partial charge >= 0.3 is 0 Å². The van der Waals surface area contributed by atoms with Crippen LogP contribution < -0.4 is 0 Å². The Morgan fingerprint density at radius 2 is 0.492 bits per heavy atom. The zero-order chi connectivity index (χ0) is 47.2. The molecule has 0 N–H and O–H groups in total. The fourth-order valence-electron chi connectivity index (χ4n) is 14.9. The van der Waals surface area contributed by atoms with Crippen molar-refractivity contribution >= 4 is 0 Å². The SMILES string of the molecule is CC1CC2CCC(C1)N2C.CC1CC2CCC(C1)N2C.CC1CC2CCCC(C1)N2C.CC1CC2CCCC(C1)N2C.CC1CCCN(C)C1.CC1CCN(C)C1.CC1CCN(C)CC1. The Morgan fingerprint density at radius 1 is 0.231 bits per heavy atom. The molecule has 0 saturated carbocycles. The van der Waals surface area contributed by atoms with Crippen molar-refractivity contribution in [1.29, 1.82) is 0 Å². The summed E-state index contributed by atoms with van der Waals surface area (Å²) in [6, 6.07) is 7.47. The van der Waals surface area contributed by atoms with E-state index in [0.717, 1.165) is 89.8 Å². The van der Waals surface area contributed by atoms with Gasteiger partial charge in [-0.25, -0.2) is 0 Å². The predicted octanol–water partition coefficient (Wildman–Crippen LogP) is 12.0. The van der Waals surface area contributed by atoms with E-state index >= 15 is 0 Å². The van der Waals surface area contributed by atoms with E-state index in [2.05, 4.69) is 132 Å². The minimum atomic E-state index is 0.928. The van der Waals surface area contributed by atoms with Crippen molar-refractivity contribution in [1.82, 2.24) is 34.3 Å². The maximum Gasteiger partial charge on any atom is 0.00982 e. The van der Waals surface area contributed by atoms with Gasteiger partial charge in [-0.15, -0.1) is 0 Å². The first-order valence-electron chi connectivity index (χ1n) is 28.9. The maximum absolute atomic E-state index is 2.63. The third-order valence-corrected chi connectivity index (χ3v) is 19.3. The quantitative estimate of drug-likeness (QED) is 0.239. The van der Waals surface area contributed by atoms with Crippen molar-refractivity contribution in [3.8, 4) is 0 Å². The van der Waals surface area contributed by atoms with E-state index in [-0.39, 0.29) is 0 Å². The van der Waals surface area contributed by atoms with Crippen LogP contribution in [-0.4, -0.2) is 171 Å². The fourth-order valence-corrected chi connectivity index (χ4v) is 14.9. The summed E-state index contributed by atoms with van der Waals surface area (Å²) in [5.41, 5.74) is 0. The van der Waals surface area contributed by atoms with E-state index in [0.29, 0.717) is 0 Å². The van der Waals surface area contributed by atoms with E-state index in [1.54, 1.807) is 0 Å². The van der Waals surface area contributed by atoms with Gasteiger partial charge in [0.25, 0.3) is 0 Å². The van der Waals surface area contributed by atoms with E-state index in [1.165, 1.54) is 187 Å². The first kappa shape index (κ1) is 55.6. The summed E-state index contributed by atoms with van der Waals surface area (Å²) in [5.74, 6) is 6.83. The van der Waals surface area contributed by atoms with Crippen LogP contribution in [0.1, 0.15) is 196 Å². The molecule has 0 amide bonds. The number of fused-ring (bicyclic) bond motifs is 8. The smallest absolute Gasteiger partial charge is 0.00982 e. The lowest BCUT2D eigenvalue weighted by Crippen LogP contribution is -2.49. The molecule has 10 unspecified atom stereocenters. The lowest BCUT2D eigenvalue weighted by Gasteiger charge is -2.46. The Labute approximate surface area is 407 Å². The maximum atomic E-state index is 2.63. The van der Waals surface area contributed by atoms with Gasteiger partial charge in [0.15, 0.2) is 0 Å². The van der Waals surface area contributed by atoms with Gasteiger partial charge in [0.05, 0.1) is 0 Å². The third-order valence-electron chi connectivity index (χ3n) is 19.3. The normalized spacial score (nSPS) is 41.3. The molecule has 11 aliphatic rings. The predicted molar refractivity (Wildman–Crippen MR) is 284 cm³/mol. The third kappa shape index (κ3) is 18.4. The van der Waals surface area contributed by atoms with Gasteiger partial charge in [0.2, 0.25) is 0 Å². The highest BCUT2D eigenvalue weighted by molar-refractivity contribution is 4.94. The van der Waals surface area contributed by atoms with Gasteiger partial charge in [0.1, 0.15) is 0 Å². The van der Waals surface area contributed by atoms with Crippen LogP contribution in [0.3, 0.4) is 0 Å². The van der Waals surface area contributed by atoms with Crippen molar-refractivity contribution in [2.75, 3.05) is 88.6 Å². The second-order valence-electron chi connectivity index (χ2n) is 25.9. The molecule has 0 spiro atoms. The molecule has 11 aliphatic heterocycles. The Kier molecular flexibility index (Phi) is 23.9. The first-order valence-corrected chi connectivity index (χ1v) is 28.9.